The van der Waals surface area contributed by atoms with E-state index in [1.165, 1.54) is 31.4 Å². The van der Waals surface area contributed by atoms with Crippen LogP contribution in [-0.2, 0) is 0 Å². The molecule has 1 N–H and O–H groups in total. The van der Waals surface area contributed by atoms with Crippen molar-refractivity contribution in [1.82, 2.24) is 4.90 Å². The number of allylic oxidation sites excluding steroid dienone is 2. The Bertz CT molecular complexity index is 200. The number of hydrogen-bond donors (Lipinski definition) is 1. The maximum absolute atomic E-state index is 9.54. The van der Waals surface area contributed by atoms with Gasteiger partial charge in [0.05, 0.1) is 6.10 Å². The fraction of sp³-hybridized carbons (Fsp3) is 0.818. The van der Waals surface area contributed by atoms with Crippen LogP contribution in [0.4, 0.5) is 0 Å². The van der Waals surface area contributed by atoms with Gasteiger partial charge in [-0.2, -0.15) is 0 Å². The summed E-state index contributed by atoms with van der Waals surface area (Å²) in [7, 11) is 0. The summed E-state index contributed by atoms with van der Waals surface area (Å²) >= 11 is 0. The van der Waals surface area contributed by atoms with Crippen LogP contribution in [0.2, 0.25) is 0 Å². The van der Waals surface area contributed by atoms with E-state index in [0.29, 0.717) is 0 Å². The molecule has 0 saturated carbocycles. The molecule has 0 aromatic heterocycles. The summed E-state index contributed by atoms with van der Waals surface area (Å²) in [4.78, 5) is 2.38. The molecule has 0 aromatic rings. The molecule has 0 radical (unpaired) electrons. The van der Waals surface area contributed by atoms with Gasteiger partial charge in [-0.3, -0.25) is 0 Å². The molecule has 0 spiro atoms. The summed E-state index contributed by atoms with van der Waals surface area (Å²) in [6.45, 7) is 2.02. The van der Waals surface area contributed by atoms with Crippen molar-refractivity contribution in [3.05, 3.63) is 11.8 Å². The van der Waals surface area contributed by atoms with E-state index in [1.54, 1.807) is 0 Å². The zero-order valence-electron chi connectivity index (χ0n) is 8.21. The van der Waals surface area contributed by atoms with E-state index in [-0.39, 0.29) is 6.10 Å². The zero-order chi connectivity index (χ0) is 9.10. The molecule has 2 aliphatic rings. The normalized spacial score (nSPS) is 30.1. The van der Waals surface area contributed by atoms with E-state index in [4.69, 9.17) is 0 Å². The first-order valence-corrected chi connectivity index (χ1v) is 5.48. The van der Waals surface area contributed by atoms with Crippen molar-refractivity contribution in [2.45, 2.75) is 44.6 Å². The number of aliphatic hydroxyl groups is 1. The first kappa shape index (κ1) is 9.07. The Morgan fingerprint density at radius 1 is 1.31 bits per heavy atom. The second kappa shape index (κ2) is 4.14. The second-order valence-corrected chi connectivity index (χ2v) is 4.18. The predicted octanol–water partition coefficient (Wildman–Crippen LogP) is 1.90. The van der Waals surface area contributed by atoms with Crippen molar-refractivity contribution in [2.24, 2.45) is 0 Å². The number of piperidine rings is 1. The van der Waals surface area contributed by atoms with Crippen LogP contribution in [0.25, 0.3) is 0 Å². The van der Waals surface area contributed by atoms with Gasteiger partial charge < -0.3 is 10.0 Å². The van der Waals surface area contributed by atoms with Crippen LogP contribution in [0.1, 0.15) is 38.5 Å². The van der Waals surface area contributed by atoms with Crippen LogP contribution in [0.15, 0.2) is 11.8 Å². The van der Waals surface area contributed by atoms with Gasteiger partial charge in [0.25, 0.3) is 0 Å². The number of likely N-dealkylation sites (tertiary alicyclic amines) is 1. The molecule has 2 heteroatoms. The molecule has 0 amide bonds. The van der Waals surface area contributed by atoms with E-state index < -0.39 is 0 Å². The first-order valence-electron chi connectivity index (χ1n) is 5.48. The quantitative estimate of drug-likeness (QED) is 0.668. The Morgan fingerprint density at radius 2 is 2.23 bits per heavy atom. The van der Waals surface area contributed by atoms with Gasteiger partial charge in [0.1, 0.15) is 0 Å². The third-order valence-corrected chi connectivity index (χ3v) is 3.07. The molecule has 1 unspecified atom stereocenters. The number of hydrogen-bond acceptors (Lipinski definition) is 2. The lowest BCUT2D eigenvalue weighted by molar-refractivity contribution is 0.0852. The van der Waals surface area contributed by atoms with Crippen LogP contribution in [-0.4, -0.2) is 29.2 Å². The highest BCUT2D eigenvalue weighted by molar-refractivity contribution is 5.05. The summed E-state index contributed by atoms with van der Waals surface area (Å²) < 4.78 is 0. The molecule has 1 atom stereocenters. The summed E-state index contributed by atoms with van der Waals surface area (Å²) in [6.07, 6.45) is 9.56. The highest BCUT2D eigenvalue weighted by Crippen LogP contribution is 2.23. The van der Waals surface area contributed by atoms with E-state index in [9.17, 15) is 5.11 Å². The van der Waals surface area contributed by atoms with Crippen LogP contribution in [0.5, 0.6) is 0 Å². The SMILES string of the molecule is OC1CCCN(C2=CCCCC2)C1. The lowest BCUT2D eigenvalue weighted by Crippen LogP contribution is -2.37. The lowest BCUT2D eigenvalue weighted by Gasteiger charge is -2.35. The minimum atomic E-state index is -0.0865. The molecule has 1 heterocycles. The molecule has 0 bridgehead atoms. The Morgan fingerprint density at radius 3 is 2.92 bits per heavy atom. The third-order valence-electron chi connectivity index (χ3n) is 3.07. The molecule has 13 heavy (non-hydrogen) atoms. The predicted molar refractivity (Wildman–Crippen MR) is 53.4 cm³/mol. The van der Waals surface area contributed by atoms with Crippen LogP contribution in [0, 0.1) is 0 Å². The minimum absolute atomic E-state index is 0.0865. The molecule has 1 aliphatic heterocycles. The van der Waals surface area contributed by atoms with Crippen LogP contribution >= 0.6 is 0 Å². The van der Waals surface area contributed by atoms with Crippen molar-refractivity contribution in [3.63, 3.8) is 0 Å². The standard InChI is InChI=1S/C11H19NO/c13-11-7-4-8-12(9-11)10-5-2-1-3-6-10/h5,11,13H,1-4,6-9H2. The van der Waals surface area contributed by atoms with Gasteiger partial charge in [-0.05, 0) is 38.5 Å². The van der Waals surface area contributed by atoms with Gasteiger partial charge in [0.15, 0.2) is 0 Å². The van der Waals surface area contributed by atoms with Gasteiger partial charge in [0, 0.05) is 18.8 Å². The smallest absolute Gasteiger partial charge is 0.0715 e. The van der Waals surface area contributed by atoms with Gasteiger partial charge in [-0.15, -0.1) is 0 Å². The fourth-order valence-electron chi connectivity index (χ4n) is 2.32. The third kappa shape index (κ3) is 2.25. The maximum atomic E-state index is 9.54. The van der Waals surface area contributed by atoms with E-state index in [2.05, 4.69) is 11.0 Å². The molecule has 2 rings (SSSR count). The molecular weight excluding hydrogens is 162 g/mol. The van der Waals surface area contributed by atoms with Gasteiger partial charge in [-0.1, -0.05) is 6.08 Å². The zero-order valence-corrected chi connectivity index (χ0v) is 8.21. The van der Waals surface area contributed by atoms with Crippen LogP contribution in [0.3, 0.4) is 0 Å². The molecule has 1 aliphatic carbocycles. The summed E-state index contributed by atoms with van der Waals surface area (Å²) in [5.41, 5.74) is 1.49. The molecule has 0 aromatic carbocycles. The van der Waals surface area contributed by atoms with Gasteiger partial charge in [0.2, 0.25) is 0 Å². The van der Waals surface area contributed by atoms with Crippen molar-refractivity contribution >= 4 is 0 Å². The molecule has 1 fully saturated rings. The van der Waals surface area contributed by atoms with E-state index in [0.717, 1.165) is 25.9 Å². The highest BCUT2D eigenvalue weighted by atomic mass is 16.3. The van der Waals surface area contributed by atoms with E-state index in [1.807, 2.05) is 0 Å². The molecular formula is C11H19NO. The topological polar surface area (TPSA) is 23.5 Å². The van der Waals surface area contributed by atoms with Crippen molar-refractivity contribution in [3.8, 4) is 0 Å². The van der Waals surface area contributed by atoms with Gasteiger partial charge in [-0.25, -0.2) is 0 Å². The largest absolute Gasteiger partial charge is 0.391 e. The van der Waals surface area contributed by atoms with E-state index >= 15 is 0 Å². The Hall–Kier alpha value is -0.500. The highest BCUT2D eigenvalue weighted by Gasteiger charge is 2.19. The number of rotatable bonds is 1. The monoisotopic (exact) mass is 181 g/mol. The average molecular weight is 181 g/mol. The lowest BCUT2D eigenvalue weighted by atomic mass is 10.0. The fourth-order valence-corrected chi connectivity index (χ4v) is 2.32. The summed E-state index contributed by atoms with van der Waals surface area (Å²) in [5.74, 6) is 0. The van der Waals surface area contributed by atoms with Crippen molar-refractivity contribution < 1.29 is 5.11 Å². The van der Waals surface area contributed by atoms with Crippen molar-refractivity contribution in [1.29, 1.82) is 0 Å². The Labute approximate surface area is 80.2 Å². The van der Waals surface area contributed by atoms with Crippen LogP contribution < -0.4 is 0 Å². The number of aliphatic hydroxyl groups excluding tert-OH is 1. The molecule has 2 nitrogen and oxygen atoms in total. The summed E-state index contributed by atoms with van der Waals surface area (Å²) in [5, 5.41) is 9.54. The molecule has 1 saturated heterocycles. The Balaban J connectivity index is 1.94. The second-order valence-electron chi connectivity index (χ2n) is 4.18. The number of β-amino-alcohol motifs (C(OH)–C–C–N with tert-alkyl or cyclic N) is 1. The summed E-state index contributed by atoms with van der Waals surface area (Å²) in [6, 6.07) is 0. The first-order chi connectivity index (χ1) is 6.36. The van der Waals surface area contributed by atoms with Crippen molar-refractivity contribution in [2.75, 3.05) is 13.1 Å². The average Bonchev–Trinajstić information content (AvgIpc) is 2.19. The minimum Gasteiger partial charge on any atom is -0.391 e. The van der Waals surface area contributed by atoms with Gasteiger partial charge >= 0.3 is 0 Å². The number of nitrogens with zero attached hydrogens (tertiary/aromatic N) is 1. The molecule has 74 valence electrons. The Kier molecular flexibility index (Phi) is 2.89. The maximum Gasteiger partial charge on any atom is 0.0715 e.